The van der Waals surface area contributed by atoms with Gasteiger partial charge in [-0.25, -0.2) is 0 Å². The van der Waals surface area contributed by atoms with Crippen molar-refractivity contribution in [3.05, 3.63) is 5.28 Å². The van der Waals surface area contributed by atoms with E-state index in [4.69, 9.17) is 21.1 Å². The number of unbranched alkanes of at least 4 members (excludes halogenated alkanes) is 10. The Kier molecular flexibility index (Phi) is 13.3. The fourth-order valence-corrected chi connectivity index (χ4v) is 2.68. The summed E-state index contributed by atoms with van der Waals surface area (Å²) in [5, 5.41) is 0.117. The van der Waals surface area contributed by atoms with Crippen molar-refractivity contribution in [1.29, 1.82) is 0 Å². The van der Waals surface area contributed by atoms with Crippen LogP contribution in [0.4, 0.5) is 0 Å². The Labute approximate surface area is 157 Å². The zero-order valence-electron chi connectivity index (χ0n) is 15.9. The van der Waals surface area contributed by atoms with Crippen molar-refractivity contribution in [2.24, 2.45) is 0 Å². The molecule has 0 saturated carbocycles. The van der Waals surface area contributed by atoms with E-state index in [0.717, 1.165) is 12.8 Å². The van der Waals surface area contributed by atoms with Crippen LogP contribution in [0.1, 0.15) is 90.9 Å². The monoisotopic (exact) mass is 371 g/mol. The average molecular weight is 372 g/mol. The van der Waals surface area contributed by atoms with Gasteiger partial charge in [-0.1, -0.05) is 78.1 Å². The van der Waals surface area contributed by atoms with E-state index >= 15 is 0 Å². The molecule has 0 radical (unpaired) electrons. The summed E-state index contributed by atoms with van der Waals surface area (Å²) >= 11 is 5.92. The van der Waals surface area contributed by atoms with Crippen LogP contribution in [0.3, 0.4) is 0 Å². The van der Waals surface area contributed by atoms with Crippen LogP contribution in [0.5, 0.6) is 12.0 Å². The van der Waals surface area contributed by atoms with Crippen molar-refractivity contribution in [1.82, 2.24) is 15.0 Å². The van der Waals surface area contributed by atoms with Crippen molar-refractivity contribution in [3.63, 3.8) is 0 Å². The lowest BCUT2D eigenvalue weighted by Gasteiger charge is -2.07. The molecule has 0 spiro atoms. The van der Waals surface area contributed by atoms with Crippen LogP contribution in [0.25, 0.3) is 0 Å². The van der Waals surface area contributed by atoms with Gasteiger partial charge in [0.2, 0.25) is 5.28 Å². The molecule has 1 heterocycles. The number of ether oxygens (including phenoxy) is 2. The van der Waals surface area contributed by atoms with Crippen molar-refractivity contribution in [2.75, 3.05) is 13.2 Å². The van der Waals surface area contributed by atoms with Crippen LogP contribution in [-0.4, -0.2) is 28.2 Å². The molecule has 144 valence electrons. The minimum Gasteiger partial charge on any atom is -0.463 e. The Morgan fingerprint density at radius 3 is 1.44 bits per heavy atom. The molecular formula is C19H34ClN3O2. The first-order chi connectivity index (χ1) is 12.3. The van der Waals surface area contributed by atoms with Gasteiger partial charge in [-0.15, -0.1) is 4.98 Å². The molecule has 0 N–H and O–H groups in total. The molecule has 0 aromatic carbocycles. The molecule has 0 aliphatic heterocycles. The quantitative estimate of drug-likeness (QED) is 0.333. The third-order valence-electron chi connectivity index (χ3n) is 4.03. The standard InChI is InChI=1S/C19H34ClN3O2/c1-3-5-7-9-11-13-15-24-18-21-17(20)22-19(23-18)25-16-14-12-10-8-6-4-2/h3-16H2,1-2H3. The smallest absolute Gasteiger partial charge is 0.323 e. The van der Waals surface area contributed by atoms with Gasteiger partial charge in [0.25, 0.3) is 0 Å². The molecule has 0 atom stereocenters. The summed E-state index contributed by atoms with van der Waals surface area (Å²) in [4.78, 5) is 12.2. The van der Waals surface area contributed by atoms with E-state index in [0.29, 0.717) is 13.2 Å². The highest BCUT2D eigenvalue weighted by Gasteiger charge is 2.07. The molecule has 0 unspecified atom stereocenters. The summed E-state index contributed by atoms with van der Waals surface area (Å²) in [5.74, 6) is 0. The molecule has 0 bridgehead atoms. The van der Waals surface area contributed by atoms with Gasteiger partial charge in [0.15, 0.2) is 0 Å². The molecule has 0 aliphatic rings. The van der Waals surface area contributed by atoms with Crippen molar-refractivity contribution < 1.29 is 9.47 Å². The Balaban J connectivity index is 2.19. The van der Waals surface area contributed by atoms with Crippen molar-refractivity contribution in [2.45, 2.75) is 90.9 Å². The predicted molar refractivity (Wildman–Crippen MR) is 103 cm³/mol. The van der Waals surface area contributed by atoms with Crippen LogP contribution in [0.2, 0.25) is 5.28 Å². The maximum atomic E-state index is 5.92. The lowest BCUT2D eigenvalue weighted by atomic mass is 10.1. The van der Waals surface area contributed by atoms with Crippen LogP contribution < -0.4 is 9.47 Å². The number of nitrogens with zero attached hydrogens (tertiary/aromatic N) is 3. The van der Waals surface area contributed by atoms with Crippen LogP contribution >= 0.6 is 11.6 Å². The SMILES string of the molecule is CCCCCCCCOc1nc(Cl)nc(OCCCCCCCC)n1. The largest absolute Gasteiger partial charge is 0.463 e. The van der Waals surface area contributed by atoms with Gasteiger partial charge in [0.05, 0.1) is 13.2 Å². The van der Waals surface area contributed by atoms with E-state index in [9.17, 15) is 0 Å². The maximum Gasteiger partial charge on any atom is 0.323 e. The van der Waals surface area contributed by atoms with Gasteiger partial charge < -0.3 is 9.47 Å². The topological polar surface area (TPSA) is 57.1 Å². The molecule has 0 fully saturated rings. The molecule has 1 aromatic heterocycles. The highest BCUT2D eigenvalue weighted by atomic mass is 35.5. The van der Waals surface area contributed by atoms with Crippen molar-refractivity contribution in [3.8, 4) is 12.0 Å². The molecule has 0 saturated heterocycles. The van der Waals surface area contributed by atoms with Crippen LogP contribution in [0.15, 0.2) is 0 Å². The van der Waals surface area contributed by atoms with E-state index in [-0.39, 0.29) is 17.3 Å². The van der Waals surface area contributed by atoms with E-state index in [2.05, 4.69) is 28.8 Å². The van der Waals surface area contributed by atoms with Gasteiger partial charge in [-0.2, -0.15) is 9.97 Å². The first-order valence-electron chi connectivity index (χ1n) is 9.93. The molecule has 6 heteroatoms. The Bertz CT molecular complexity index is 410. The zero-order valence-corrected chi connectivity index (χ0v) is 16.7. The maximum absolute atomic E-state index is 5.92. The van der Waals surface area contributed by atoms with Gasteiger partial charge in [0, 0.05) is 0 Å². The summed E-state index contributed by atoms with van der Waals surface area (Å²) in [6, 6.07) is 0.512. The van der Waals surface area contributed by atoms with Gasteiger partial charge >= 0.3 is 12.0 Å². The fourth-order valence-electron chi connectivity index (χ4n) is 2.54. The zero-order chi connectivity index (χ0) is 18.2. The highest BCUT2D eigenvalue weighted by Crippen LogP contribution is 2.14. The Morgan fingerprint density at radius 1 is 0.600 bits per heavy atom. The summed E-state index contributed by atoms with van der Waals surface area (Å²) in [5.41, 5.74) is 0. The van der Waals surface area contributed by atoms with Crippen LogP contribution in [-0.2, 0) is 0 Å². The van der Waals surface area contributed by atoms with Gasteiger partial charge in [-0.05, 0) is 24.4 Å². The Hall–Kier alpha value is -1.10. The molecule has 25 heavy (non-hydrogen) atoms. The number of halogens is 1. The molecule has 5 nitrogen and oxygen atoms in total. The molecule has 1 aromatic rings. The van der Waals surface area contributed by atoms with Gasteiger partial charge in [0.1, 0.15) is 0 Å². The summed E-state index contributed by atoms with van der Waals surface area (Å²) < 4.78 is 11.2. The lowest BCUT2D eigenvalue weighted by molar-refractivity contribution is 0.252. The lowest BCUT2D eigenvalue weighted by Crippen LogP contribution is -2.06. The highest BCUT2D eigenvalue weighted by molar-refractivity contribution is 6.28. The molecule has 0 aliphatic carbocycles. The summed E-state index contributed by atoms with van der Waals surface area (Å²) in [6.45, 7) is 5.65. The second-order valence-corrected chi connectivity index (χ2v) is 6.74. The second kappa shape index (κ2) is 15.2. The van der Waals surface area contributed by atoms with E-state index in [1.165, 1.54) is 64.2 Å². The van der Waals surface area contributed by atoms with E-state index < -0.39 is 0 Å². The third-order valence-corrected chi connectivity index (χ3v) is 4.19. The van der Waals surface area contributed by atoms with Gasteiger partial charge in [-0.3, -0.25) is 0 Å². The van der Waals surface area contributed by atoms with E-state index in [1.54, 1.807) is 0 Å². The third kappa shape index (κ3) is 12.0. The number of rotatable bonds is 16. The first-order valence-corrected chi connectivity index (χ1v) is 10.3. The average Bonchev–Trinajstić information content (AvgIpc) is 2.60. The predicted octanol–water partition coefficient (Wildman–Crippen LogP) is 6.00. The summed E-state index contributed by atoms with van der Waals surface area (Å²) in [7, 11) is 0. The minimum atomic E-state index is 0.117. The second-order valence-electron chi connectivity index (χ2n) is 6.40. The molecular weight excluding hydrogens is 338 g/mol. The van der Waals surface area contributed by atoms with Crippen molar-refractivity contribution >= 4 is 11.6 Å². The normalized spacial score (nSPS) is 10.8. The number of hydrogen-bond acceptors (Lipinski definition) is 5. The minimum absolute atomic E-state index is 0.117. The number of hydrogen-bond donors (Lipinski definition) is 0. The van der Waals surface area contributed by atoms with Crippen LogP contribution in [0, 0.1) is 0 Å². The summed E-state index contributed by atoms with van der Waals surface area (Å²) in [6.07, 6.45) is 14.6. The molecule has 1 rings (SSSR count). The number of aromatic nitrogens is 3. The van der Waals surface area contributed by atoms with E-state index in [1.807, 2.05) is 0 Å². The fraction of sp³-hybridized carbons (Fsp3) is 0.842. The first kappa shape index (κ1) is 21.9. The Morgan fingerprint density at radius 2 is 1.00 bits per heavy atom. The molecule has 0 amide bonds.